The van der Waals surface area contributed by atoms with Gasteiger partial charge in [0, 0.05) is 6.04 Å². The average molecular weight is 260 g/mol. The Hall–Kier alpha value is -1.22. The van der Waals surface area contributed by atoms with Gasteiger partial charge in [0.25, 0.3) is 0 Å². The molecule has 0 amide bonds. The summed E-state index contributed by atoms with van der Waals surface area (Å²) in [5.41, 5.74) is 1.41. The van der Waals surface area contributed by atoms with Crippen LogP contribution in [0.1, 0.15) is 37.3 Å². The van der Waals surface area contributed by atoms with Crippen LogP contribution in [0.25, 0.3) is 0 Å². The fraction of sp³-hybridized carbons (Fsp3) is 0.625. The molecule has 1 fully saturated rings. The summed E-state index contributed by atoms with van der Waals surface area (Å²) in [5, 5.41) is 3.06. The first-order valence-corrected chi connectivity index (χ1v) is 7.23. The summed E-state index contributed by atoms with van der Waals surface area (Å²) in [6, 6.07) is 11.3. The second-order valence-electron chi connectivity index (χ2n) is 5.91. The number of hydrogen-bond acceptors (Lipinski definition) is 3. The van der Waals surface area contributed by atoms with E-state index in [0.717, 1.165) is 12.8 Å². The van der Waals surface area contributed by atoms with Gasteiger partial charge < -0.3 is 4.90 Å². The van der Waals surface area contributed by atoms with E-state index in [0.29, 0.717) is 24.4 Å². The van der Waals surface area contributed by atoms with Crippen LogP contribution < -0.4 is 0 Å². The highest BCUT2D eigenvalue weighted by Crippen LogP contribution is 2.39. The van der Waals surface area contributed by atoms with E-state index in [4.69, 9.17) is 0 Å². The van der Waals surface area contributed by atoms with Crippen molar-refractivity contribution in [2.75, 3.05) is 20.6 Å². The Bertz CT molecular complexity index is 383. The quantitative estimate of drug-likeness (QED) is 0.753. The molecule has 0 N–H and O–H groups in total. The van der Waals surface area contributed by atoms with Crippen LogP contribution >= 0.6 is 0 Å². The number of nitroso groups, excluding NO2 is 1. The van der Waals surface area contributed by atoms with Gasteiger partial charge in [0.15, 0.2) is 0 Å². The minimum atomic E-state index is 0.492. The van der Waals surface area contributed by atoms with Gasteiger partial charge in [0.2, 0.25) is 0 Å². The summed E-state index contributed by atoms with van der Waals surface area (Å²) in [6.07, 6.45) is 4.71. The van der Waals surface area contributed by atoms with Crippen LogP contribution in [0.2, 0.25) is 0 Å². The van der Waals surface area contributed by atoms with Crippen molar-refractivity contribution in [3.8, 4) is 0 Å². The summed E-state index contributed by atoms with van der Waals surface area (Å²) in [5.74, 6) is 1.22. The summed E-state index contributed by atoms with van der Waals surface area (Å²) < 4.78 is 0. The van der Waals surface area contributed by atoms with Crippen molar-refractivity contribution in [2.24, 2.45) is 17.0 Å². The van der Waals surface area contributed by atoms with E-state index >= 15 is 0 Å². The van der Waals surface area contributed by atoms with Crippen LogP contribution in [0, 0.1) is 16.7 Å². The molecule has 0 heterocycles. The maximum absolute atomic E-state index is 10.4. The number of hydrogen-bond donors (Lipinski definition) is 0. The molecular formula is C16H24N2O. The normalized spacial score (nSPS) is 25.2. The van der Waals surface area contributed by atoms with Crippen molar-refractivity contribution >= 4 is 0 Å². The zero-order valence-electron chi connectivity index (χ0n) is 12.0. The molecule has 3 nitrogen and oxygen atoms in total. The van der Waals surface area contributed by atoms with Crippen molar-refractivity contribution in [1.29, 1.82) is 0 Å². The van der Waals surface area contributed by atoms with Gasteiger partial charge in [0.05, 0.1) is 6.54 Å². The average Bonchev–Trinajstić information content (AvgIpc) is 2.42. The highest BCUT2D eigenvalue weighted by Gasteiger charge is 2.29. The van der Waals surface area contributed by atoms with Gasteiger partial charge in [-0.15, -0.1) is 0 Å². The molecule has 0 radical (unpaired) electrons. The maximum Gasteiger partial charge on any atom is 0.0839 e. The zero-order valence-corrected chi connectivity index (χ0v) is 12.0. The molecule has 0 aromatic heterocycles. The van der Waals surface area contributed by atoms with Gasteiger partial charge >= 0.3 is 0 Å². The van der Waals surface area contributed by atoms with Gasteiger partial charge in [-0.2, -0.15) is 4.91 Å². The lowest BCUT2D eigenvalue weighted by Gasteiger charge is -2.37. The lowest BCUT2D eigenvalue weighted by atomic mass is 9.76. The molecule has 1 aliphatic carbocycles. The van der Waals surface area contributed by atoms with Gasteiger partial charge in [-0.25, -0.2) is 0 Å². The number of nitrogens with zero attached hydrogens (tertiary/aromatic N) is 2. The first kappa shape index (κ1) is 14.2. The summed E-state index contributed by atoms with van der Waals surface area (Å²) in [4.78, 5) is 12.7. The molecule has 19 heavy (non-hydrogen) atoms. The van der Waals surface area contributed by atoms with Crippen molar-refractivity contribution in [3.05, 3.63) is 40.8 Å². The molecule has 1 atom stereocenters. The first-order chi connectivity index (χ1) is 9.22. The highest BCUT2D eigenvalue weighted by atomic mass is 16.3. The summed E-state index contributed by atoms with van der Waals surface area (Å²) >= 11 is 0. The molecule has 1 aliphatic rings. The lowest BCUT2D eigenvalue weighted by molar-refractivity contribution is 0.151. The van der Waals surface area contributed by atoms with E-state index in [1.807, 2.05) is 0 Å². The predicted molar refractivity (Wildman–Crippen MR) is 79.0 cm³/mol. The van der Waals surface area contributed by atoms with Crippen LogP contribution in [0.15, 0.2) is 35.5 Å². The van der Waals surface area contributed by atoms with Gasteiger partial charge in [-0.3, -0.25) is 0 Å². The molecule has 3 heteroatoms. The molecule has 1 unspecified atom stereocenters. The zero-order chi connectivity index (χ0) is 13.7. The number of rotatable bonds is 5. The van der Waals surface area contributed by atoms with Crippen LogP contribution in [0.5, 0.6) is 0 Å². The molecular weight excluding hydrogens is 236 g/mol. The summed E-state index contributed by atoms with van der Waals surface area (Å²) in [7, 11) is 4.33. The van der Waals surface area contributed by atoms with E-state index in [9.17, 15) is 4.91 Å². The van der Waals surface area contributed by atoms with E-state index in [1.165, 1.54) is 18.4 Å². The molecule has 1 aromatic carbocycles. The smallest absolute Gasteiger partial charge is 0.0839 e. The van der Waals surface area contributed by atoms with Gasteiger partial charge in [-0.05, 0) is 57.2 Å². The Kier molecular flexibility index (Phi) is 5.08. The van der Waals surface area contributed by atoms with Crippen LogP contribution in [-0.4, -0.2) is 25.5 Å². The van der Waals surface area contributed by atoms with Crippen molar-refractivity contribution in [3.63, 3.8) is 0 Å². The van der Waals surface area contributed by atoms with Gasteiger partial charge in [0.1, 0.15) is 0 Å². The molecule has 0 bridgehead atoms. The minimum Gasteiger partial charge on any atom is -0.302 e. The molecule has 1 aromatic rings. The Morgan fingerprint density at radius 3 is 2.32 bits per heavy atom. The maximum atomic E-state index is 10.4. The first-order valence-electron chi connectivity index (χ1n) is 7.23. The SMILES string of the molecule is CN(C)C(c1ccccc1)C1CCC(CN=O)CC1. The topological polar surface area (TPSA) is 32.7 Å². The summed E-state index contributed by atoms with van der Waals surface area (Å²) in [6.45, 7) is 0.505. The highest BCUT2D eigenvalue weighted by molar-refractivity contribution is 5.20. The molecule has 2 rings (SSSR count). The van der Waals surface area contributed by atoms with Gasteiger partial charge in [-0.1, -0.05) is 35.5 Å². The third kappa shape index (κ3) is 3.63. The predicted octanol–water partition coefficient (Wildman–Crippen LogP) is 3.86. The second kappa shape index (κ2) is 6.80. The monoisotopic (exact) mass is 260 g/mol. The Balaban J connectivity index is 2.04. The standard InChI is InChI=1S/C16H24N2O/c1-18(2)16(14-6-4-3-5-7-14)15-10-8-13(9-11-15)12-17-19/h3-7,13,15-16H,8-12H2,1-2H3. The third-order valence-corrected chi connectivity index (χ3v) is 4.37. The molecule has 104 valence electrons. The van der Waals surface area contributed by atoms with Crippen LogP contribution in [0.3, 0.4) is 0 Å². The number of benzene rings is 1. The van der Waals surface area contributed by atoms with E-state index in [-0.39, 0.29) is 0 Å². The molecule has 0 aliphatic heterocycles. The van der Waals surface area contributed by atoms with Crippen molar-refractivity contribution < 1.29 is 0 Å². The third-order valence-electron chi connectivity index (χ3n) is 4.37. The van der Waals surface area contributed by atoms with Crippen molar-refractivity contribution in [1.82, 2.24) is 4.90 Å². The van der Waals surface area contributed by atoms with Crippen molar-refractivity contribution in [2.45, 2.75) is 31.7 Å². The lowest BCUT2D eigenvalue weighted by Crippen LogP contribution is -2.30. The largest absolute Gasteiger partial charge is 0.302 e. The second-order valence-corrected chi connectivity index (χ2v) is 5.91. The fourth-order valence-corrected chi connectivity index (χ4v) is 3.43. The molecule has 0 saturated heterocycles. The Morgan fingerprint density at radius 2 is 1.79 bits per heavy atom. The Labute approximate surface area is 116 Å². The van der Waals surface area contributed by atoms with E-state index in [1.54, 1.807) is 0 Å². The van der Waals surface area contributed by atoms with Crippen LogP contribution in [-0.2, 0) is 0 Å². The minimum absolute atomic E-state index is 0.492. The molecule has 0 spiro atoms. The molecule has 1 saturated carbocycles. The fourth-order valence-electron chi connectivity index (χ4n) is 3.43. The Morgan fingerprint density at radius 1 is 1.16 bits per heavy atom. The van der Waals surface area contributed by atoms with Crippen LogP contribution in [0.4, 0.5) is 0 Å². The van der Waals surface area contributed by atoms with E-state index < -0.39 is 0 Å². The van der Waals surface area contributed by atoms with E-state index in [2.05, 4.69) is 54.5 Å².